The second-order valence-corrected chi connectivity index (χ2v) is 7.54. The van der Waals surface area contributed by atoms with Gasteiger partial charge in [-0.3, -0.25) is 9.88 Å². The number of rotatable bonds is 3. The maximum atomic E-state index is 14.0. The van der Waals surface area contributed by atoms with Crippen LogP contribution in [0.1, 0.15) is 22.7 Å². The largest absolute Gasteiger partial charge is 0.391 e. The highest BCUT2D eigenvalue weighted by molar-refractivity contribution is 6.35. The molecule has 134 valence electrons. The molecule has 0 spiro atoms. The van der Waals surface area contributed by atoms with Crippen LogP contribution in [0.3, 0.4) is 0 Å². The lowest BCUT2D eigenvalue weighted by Gasteiger charge is -2.28. The van der Waals surface area contributed by atoms with Crippen molar-refractivity contribution >= 4 is 34.1 Å². The van der Waals surface area contributed by atoms with E-state index >= 15 is 0 Å². The van der Waals surface area contributed by atoms with Crippen LogP contribution in [0.25, 0.3) is 10.9 Å². The number of aromatic nitrogens is 1. The molecule has 1 aromatic heterocycles. The number of halogens is 3. The zero-order valence-electron chi connectivity index (χ0n) is 14.1. The van der Waals surface area contributed by atoms with Crippen LogP contribution in [0.5, 0.6) is 0 Å². The summed E-state index contributed by atoms with van der Waals surface area (Å²) < 4.78 is 14.0. The molecule has 26 heavy (non-hydrogen) atoms. The molecule has 2 atom stereocenters. The van der Waals surface area contributed by atoms with Crippen molar-refractivity contribution in [1.29, 1.82) is 0 Å². The highest BCUT2D eigenvalue weighted by atomic mass is 35.5. The molecule has 3 aromatic rings. The van der Waals surface area contributed by atoms with Gasteiger partial charge in [0.1, 0.15) is 5.82 Å². The highest BCUT2D eigenvalue weighted by Crippen LogP contribution is 2.41. The van der Waals surface area contributed by atoms with Crippen molar-refractivity contribution < 1.29 is 9.50 Å². The third kappa shape index (κ3) is 2.97. The van der Waals surface area contributed by atoms with Gasteiger partial charge in [0.2, 0.25) is 0 Å². The van der Waals surface area contributed by atoms with Gasteiger partial charge >= 0.3 is 0 Å². The van der Waals surface area contributed by atoms with Crippen LogP contribution in [0.15, 0.2) is 42.6 Å². The average molecular weight is 391 g/mol. The molecule has 6 heteroatoms. The fraction of sp³-hybridized carbons (Fsp3) is 0.250. The Kier molecular flexibility index (Phi) is 4.61. The molecule has 0 fully saturated rings. The van der Waals surface area contributed by atoms with Crippen molar-refractivity contribution in [2.45, 2.75) is 25.1 Å². The molecule has 1 heterocycles. The molecule has 0 bridgehead atoms. The molecular weight excluding hydrogens is 374 g/mol. The summed E-state index contributed by atoms with van der Waals surface area (Å²) >= 11 is 12.5. The van der Waals surface area contributed by atoms with Gasteiger partial charge in [0, 0.05) is 34.6 Å². The summed E-state index contributed by atoms with van der Waals surface area (Å²) in [4.78, 5) is 6.37. The fourth-order valence-corrected chi connectivity index (χ4v) is 4.44. The van der Waals surface area contributed by atoms with Gasteiger partial charge in [-0.05, 0) is 54.1 Å². The van der Waals surface area contributed by atoms with Crippen LogP contribution in [-0.4, -0.2) is 28.1 Å². The van der Waals surface area contributed by atoms with Gasteiger partial charge in [0.05, 0.1) is 17.7 Å². The Hall–Kier alpha value is -1.72. The van der Waals surface area contributed by atoms with E-state index in [-0.39, 0.29) is 11.9 Å². The maximum absolute atomic E-state index is 14.0. The minimum Gasteiger partial charge on any atom is -0.391 e. The van der Waals surface area contributed by atoms with Gasteiger partial charge in [-0.1, -0.05) is 29.3 Å². The Morgan fingerprint density at radius 2 is 2.08 bits per heavy atom. The summed E-state index contributed by atoms with van der Waals surface area (Å²) in [6, 6.07) is 9.98. The van der Waals surface area contributed by atoms with E-state index in [9.17, 15) is 9.50 Å². The molecule has 3 nitrogen and oxygen atoms in total. The summed E-state index contributed by atoms with van der Waals surface area (Å²) in [6.07, 6.45) is 1.57. The third-order valence-corrected chi connectivity index (χ3v) is 5.54. The lowest BCUT2D eigenvalue weighted by molar-refractivity contribution is 0.0726. The van der Waals surface area contributed by atoms with Crippen LogP contribution < -0.4 is 0 Å². The quantitative estimate of drug-likeness (QED) is 0.699. The van der Waals surface area contributed by atoms with E-state index in [0.717, 1.165) is 16.7 Å². The number of aliphatic hydroxyl groups is 1. The SMILES string of the molecule is CN(Cc1ccc(F)c2cccnc12)C1c2cc(Cl)cc(Cl)c2CC1O. The number of benzene rings is 2. The first-order valence-electron chi connectivity index (χ1n) is 8.34. The Balaban J connectivity index is 1.71. The lowest BCUT2D eigenvalue weighted by Crippen LogP contribution is -2.30. The van der Waals surface area contributed by atoms with Gasteiger partial charge in [-0.2, -0.15) is 0 Å². The maximum Gasteiger partial charge on any atom is 0.132 e. The zero-order valence-corrected chi connectivity index (χ0v) is 15.6. The summed E-state index contributed by atoms with van der Waals surface area (Å²) in [6.45, 7) is 0.513. The first kappa shape index (κ1) is 17.7. The normalized spacial score (nSPS) is 19.3. The van der Waals surface area contributed by atoms with E-state index < -0.39 is 6.10 Å². The van der Waals surface area contributed by atoms with Crippen molar-refractivity contribution in [3.05, 3.63) is 75.1 Å². The molecule has 4 rings (SSSR count). The van der Waals surface area contributed by atoms with Gasteiger partial charge in [0.25, 0.3) is 0 Å². The monoisotopic (exact) mass is 390 g/mol. The predicted octanol–water partition coefficient (Wildman–Crippen LogP) is 4.77. The highest BCUT2D eigenvalue weighted by Gasteiger charge is 2.35. The van der Waals surface area contributed by atoms with Gasteiger partial charge in [0.15, 0.2) is 0 Å². The second-order valence-electron chi connectivity index (χ2n) is 6.69. The molecule has 1 N–H and O–H groups in total. The predicted molar refractivity (Wildman–Crippen MR) is 102 cm³/mol. The van der Waals surface area contributed by atoms with E-state index in [0.29, 0.717) is 33.9 Å². The van der Waals surface area contributed by atoms with Crippen LogP contribution in [0.2, 0.25) is 10.0 Å². The van der Waals surface area contributed by atoms with Crippen LogP contribution in [0.4, 0.5) is 4.39 Å². The number of fused-ring (bicyclic) bond motifs is 2. The van der Waals surface area contributed by atoms with Crippen molar-refractivity contribution in [3.8, 4) is 0 Å². The number of pyridine rings is 1. The molecule has 0 saturated carbocycles. The van der Waals surface area contributed by atoms with Gasteiger partial charge in [-0.25, -0.2) is 4.39 Å². The van der Waals surface area contributed by atoms with E-state index in [2.05, 4.69) is 4.98 Å². The number of nitrogens with zero attached hydrogens (tertiary/aromatic N) is 2. The van der Waals surface area contributed by atoms with Crippen LogP contribution in [-0.2, 0) is 13.0 Å². The molecule has 0 saturated heterocycles. The molecular formula is C20H17Cl2FN2O. The Bertz CT molecular complexity index is 995. The van der Waals surface area contributed by atoms with E-state index in [1.54, 1.807) is 30.5 Å². The van der Waals surface area contributed by atoms with Gasteiger partial charge < -0.3 is 5.11 Å². The molecule has 2 aromatic carbocycles. The first-order valence-corrected chi connectivity index (χ1v) is 9.09. The van der Waals surface area contributed by atoms with Crippen molar-refractivity contribution in [1.82, 2.24) is 9.88 Å². The summed E-state index contributed by atoms with van der Waals surface area (Å²) in [5, 5.41) is 12.2. The molecule has 2 unspecified atom stereocenters. The smallest absolute Gasteiger partial charge is 0.132 e. The minimum absolute atomic E-state index is 0.231. The van der Waals surface area contributed by atoms with Crippen molar-refractivity contribution in [2.24, 2.45) is 0 Å². The summed E-state index contributed by atoms with van der Waals surface area (Å²) in [5.74, 6) is -0.288. The van der Waals surface area contributed by atoms with Crippen molar-refractivity contribution in [3.63, 3.8) is 0 Å². The minimum atomic E-state index is -0.578. The second kappa shape index (κ2) is 6.78. The fourth-order valence-electron chi connectivity index (χ4n) is 3.85. The van der Waals surface area contributed by atoms with E-state index in [4.69, 9.17) is 23.2 Å². The first-order chi connectivity index (χ1) is 12.5. The molecule has 0 radical (unpaired) electrons. The molecule has 0 aliphatic heterocycles. The van der Waals surface area contributed by atoms with E-state index in [1.165, 1.54) is 6.07 Å². The Morgan fingerprint density at radius 1 is 1.27 bits per heavy atom. The molecule has 1 aliphatic rings. The Morgan fingerprint density at radius 3 is 2.88 bits per heavy atom. The lowest BCUT2D eigenvalue weighted by atomic mass is 10.0. The number of likely N-dealkylation sites (N-methyl/N-ethyl adjacent to an activating group) is 1. The van der Waals surface area contributed by atoms with E-state index in [1.807, 2.05) is 18.0 Å². The standard InChI is InChI=1S/C20H17Cl2FN2O/c1-25(10-11-4-5-17(23)13-3-2-6-24-19(11)13)20-15-7-12(21)8-16(22)14(15)9-18(20)26/h2-8,18,20,26H,9-10H2,1H3. The van der Waals surface area contributed by atoms with Gasteiger partial charge in [-0.15, -0.1) is 0 Å². The number of hydrogen-bond donors (Lipinski definition) is 1. The Labute approximate surface area is 161 Å². The molecule has 0 amide bonds. The van der Waals surface area contributed by atoms with Crippen molar-refractivity contribution in [2.75, 3.05) is 7.05 Å². The average Bonchev–Trinajstić information content (AvgIpc) is 2.94. The third-order valence-electron chi connectivity index (χ3n) is 4.99. The zero-order chi connectivity index (χ0) is 18.4. The number of aliphatic hydroxyl groups excluding tert-OH is 1. The van der Waals surface area contributed by atoms with Crippen LogP contribution >= 0.6 is 23.2 Å². The number of hydrogen-bond acceptors (Lipinski definition) is 3. The topological polar surface area (TPSA) is 36.4 Å². The van der Waals surface area contributed by atoms with Crippen LogP contribution in [0, 0.1) is 5.82 Å². The molecule has 1 aliphatic carbocycles. The summed E-state index contributed by atoms with van der Waals surface area (Å²) in [5.41, 5.74) is 3.41. The summed E-state index contributed by atoms with van der Waals surface area (Å²) in [7, 11) is 1.93.